The third kappa shape index (κ3) is 2.61. The highest BCUT2D eigenvalue weighted by Gasteiger charge is 2.44. The van der Waals surface area contributed by atoms with E-state index in [0.29, 0.717) is 19.8 Å². The Morgan fingerprint density at radius 3 is 2.75 bits per heavy atom. The zero-order valence-electron chi connectivity index (χ0n) is 11.9. The maximum absolute atomic E-state index is 6.31. The number of ether oxygens (including phenoxy) is 3. The van der Waals surface area contributed by atoms with Crippen LogP contribution in [0.2, 0.25) is 0 Å². The molecule has 5 heteroatoms. The van der Waals surface area contributed by atoms with Crippen LogP contribution in [0.1, 0.15) is 6.92 Å². The van der Waals surface area contributed by atoms with Gasteiger partial charge in [0.05, 0.1) is 0 Å². The molecule has 0 amide bonds. The molecule has 1 saturated heterocycles. The van der Waals surface area contributed by atoms with Crippen LogP contribution < -0.4 is 14.8 Å². The monoisotopic (exact) mass is 278 g/mol. The van der Waals surface area contributed by atoms with Crippen LogP contribution in [0, 0.1) is 0 Å². The van der Waals surface area contributed by atoms with Crippen molar-refractivity contribution in [3.8, 4) is 11.5 Å². The molecule has 1 N–H and O–H groups in total. The molecule has 1 aromatic rings. The van der Waals surface area contributed by atoms with E-state index < -0.39 is 5.72 Å². The number of nitrogens with one attached hydrogen (secondary N) is 1. The van der Waals surface area contributed by atoms with Gasteiger partial charge in [0, 0.05) is 32.8 Å². The van der Waals surface area contributed by atoms with Crippen molar-refractivity contribution in [3.05, 3.63) is 24.3 Å². The van der Waals surface area contributed by atoms with Crippen LogP contribution in [-0.2, 0) is 4.74 Å². The molecule has 0 saturated carbocycles. The topological polar surface area (TPSA) is 43.0 Å². The van der Waals surface area contributed by atoms with Crippen molar-refractivity contribution < 1.29 is 14.2 Å². The molecular weight excluding hydrogens is 256 g/mol. The van der Waals surface area contributed by atoms with Gasteiger partial charge in [-0.2, -0.15) is 0 Å². The summed E-state index contributed by atoms with van der Waals surface area (Å²) in [5, 5.41) is 3.37. The van der Waals surface area contributed by atoms with Gasteiger partial charge in [-0.25, -0.2) is 0 Å². The van der Waals surface area contributed by atoms with E-state index in [4.69, 9.17) is 14.2 Å². The fourth-order valence-electron chi connectivity index (χ4n) is 2.73. The lowest BCUT2D eigenvalue weighted by Gasteiger charge is -2.46. The molecule has 1 atom stereocenters. The van der Waals surface area contributed by atoms with Crippen LogP contribution in [0.25, 0.3) is 0 Å². The highest BCUT2D eigenvalue weighted by Crippen LogP contribution is 2.36. The van der Waals surface area contributed by atoms with Gasteiger partial charge in [-0.3, -0.25) is 4.90 Å². The third-order valence-corrected chi connectivity index (χ3v) is 3.83. The first-order valence-electron chi connectivity index (χ1n) is 7.28. The van der Waals surface area contributed by atoms with Gasteiger partial charge >= 0.3 is 0 Å². The predicted octanol–water partition coefficient (Wildman–Crippen LogP) is 1.10. The Labute approximate surface area is 119 Å². The van der Waals surface area contributed by atoms with Crippen molar-refractivity contribution >= 4 is 0 Å². The summed E-state index contributed by atoms with van der Waals surface area (Å²) in [6.07, 6.45) is 0. The molecule has 2 aliphatic heterocycles. The normalized spacial score (nSPS) is 26.4. The average Bonchev–Trinajstić information content (AvgIpc) is 2.53. The summed E-state index contributed by atoms with van der Waals surface area (Å²) in [6, 6.07) is 7.83. The first-order valence-corrected chi connectivity index (χ1v) is 7.28. The van der Waals surface area contributed by atoms with E-state index in [-0.39, 0.29) is 0 Å². The summed E-state index contributed by atoms with van der Waals surface area (Å²) < 4.78 is 17.9. The molecule has 5 nitrogen and oxygen atoms in total. The number of nitrogens with zero attached hydrogens (tertiary/aromatic N) is 1. The summed E-state index contributed by atoms with van der Waals surface area (Å²) >= 11 is 0. The van der Waals surface area contributed by atoms with E-state index in [1.54, 1.807) is 0 Å². The molecule has 0 bridgehead atoms. The SMILES string of the molecule is CCOCC1(N2CCNCC2)COc2ccccc2O1. The number of fused-ring (bicyclic) bond motifs is 1. The molecule has 2 aliphatic rings. The molecule has 3 rings (SSSR count). The zero-order valence-corrected chi connectivity index (χ0v) is 11.9. The van der Waals surface area contributed by atoms with Gasteiger partial charge in [0.2, 0.25) is 5.72 Å². The smallest absolute Gasteiger partial charge is 0.221 e. The molecule has 0 aromatic heterocycles. The number of hydrogen-bond donors (Lipinski definition) is 1. The van der Waals surface area contributed by atoms with Crippen molar-refractivity contribution in [2.24, 2.45) is 0 Å². The highest BCUT2D eigenvalue weighted by atomic mass is 16.6. The summed E-state index contributed by atoms with van der Waals surface area (Å²) in [6.45, 7) is 7.54. The Bertz CT molecular complexity index is 448. The van der Waals surface area contributed by atoms with E-state index in [9.17, 15) is 0 Å². The third-order valence-electron chi connectivity index (χ3n) is 3.83. The van der Waals surface area contributed by atoms with Crippen molar-refractivity contribution in [2.45, 2.75) is 12.6 Å². The highest BCUT2D eigenvalue weighted by molar-refractivity contribution is 5.41. The van der Waals surface area contributed by atoms with Gasteiger partial charge in [0.1, 0.15) is 13.2 Å². The molecule has 2 heterocycles. The van der Waals surface area contributed by atoms with E-state index in [1.807, 2.05) is 31.2 Å². The maximum atomic E-state index is 6.31. The Hall–Kier alpha value is -1.30. The largest absolute Gasteiger partial charge is 0.484 e. The second-order valence-corrected chi connectivity index (χ2v) is 5.16. The fraction of sp³-hybridized carbons (Fsp3) is 0.600. The van der Waals surface area contributed by atoms with Gasteiger partial charge in [-0.15, -0.1) is 0 Å². The van der Waals surface area contributed by atoms with Gasteiger partial charge in [0.25, 0.3) is 0 Å². The second-order valence-electron chi connectivity index (χ2n) is 5.16. The maximum Gasteiger partial charge on any atom is 0.221 e. The summed E-state index contributed by atoms with van der Waals surface area (Å²) in [5.74, 6) is 1.62. The first-order chi connectivity index (χ1) is 9.84. The van der Waals surface area contributed by atoms with Crippen molar-refractivity contribution in [1.29, 1.82) is 0 Å². The Morgan fingerprint density at radius 2 is 2.00 bits per heavy atom. The summed E-state index contributed by atoms with van der Waals surface area (Å²) in [5.41, 5.74) is -0.507. The van der Waals surface area contributed by atoms with Crippen molar-refractivity contribution in [2.75, 3.05) is 46.0 Å². The van der Waals surface area contributed by atoms with E-state index in [0.717, 1.165) is 37.7 Å². The van der Waals surface area contributed by atoms with Crippen LogP contribution in [-0.4, -0.2) is 56.6 Å². The number of rotatable bonds is 4. The van der Waals surface area contributed by atoms with Crippen LogP contribution in [0.5, 0.6) is 11.5 Å². The Morgan fingerprint density at radius 1 is 1.25 bits per heavy atom. The molecule has 0 radical (unpaired) electrons. The molecule has 1 unspecified atom stereocenters. The van der Waals surface area contributed by atoms with E-state index >= 15 is 0 Å². The summed E-state index contributed by atoms with van der Waals surface area (Å²) in [4.78, 5) is 2.33. The number of hydrogen-bond acceptors (Lipinski definition) is 5. The van der Waals surface area contributed by atoms with Gasteiger partial charge < -0.3 is 19.5 Å². The number of para-hydroxylation sites is 2. The minimum absolute atomic E-state index is 0.504. The van der Waals surface area contributed by atoms with Crippen LogP contribution >= 0.6 is 0 Å². The molecule has 0 aliphatic carbocycles. The molecular formula is C15H22N2O3. The Kier molecular flexibility index (Phi) is 4.10. The van der Waals surface area contributed by atoms with Gasteiger partial charge in [-0.05, 0) is 19.1 Å². The van der Waals surface area contributed by atoms with Gasteiger partial charge in [0.15, 0.2) is 11.5 Å². The van der Waals surface area contributed by atoms with E-state index in [2.05, 4.69) is 10.2 Å². The number of benzene rings is 1. The molecule has 1 fully saturated rings. The van der Waals surface area contributed by atoms with Crippen LogP contribution in [0.15, 0.2) is 24.3 Å². The zero-order chi connectivity index (χ0) is 13.8. The standard InChI is InChI=1S/C15H22N2O3/c1-2-18-11-15(17-9-7-16-8-10-17)12-19-13-5-3-4-6-14(13)20-15/h3-6,16H,2,7-12H2,1H3. The van der Waals surface area contributed by atoms with Gasteiger partial charge in [-0.1, -0.05) is 12.1 Å². The first kappa shape index (κ1) is 13.7. The minimum atomic E-state index is -0.507. The molecule has 1 aromatic carbocycles. The van der Waals surface area contributed by atoms with Crippen molar-refractivity contribution in [3.63, 3.8) is 0 Å². The predicted molar refractivity (Wildman–Crippen MR) is 76.2 cm³/mol. The number of piperazine rings is 1. The van der Waals surface area contributed by atoms with E-state index in [1.165, 1.54) is 0 Å². The lowest BCUT2D eigenvalue weighted by atomic mass is 10.1. The van der Waals surface area contributed by atoms with Crippen molar-refractivity contribution in [1.82, 2.24) is 10.2 Å². The minimum Gasteiger partial charge on any atom is -0.484 e. The second kappa shape index (κ2) is 5.99. The quantitative estimate of drug-likeness (QED) is 0.893. The molecule has 20 heavy (non-hydrogen) atoms. The fourth-order valence-corrected chi connectivity index (χ4v) is 2.73. The molecule has 0 spiro atoms. The van der Waals surface area contributed by atoms with Crippen LogP contribution in [0.3, 0.4) is 0 Å². The summed E-state index contributed by atoms with van der Waals surface area (Å²) in [7, 11) is 0. The Balaban J connectivity index is 1.83. The average molecular weight is 278 g/mol. The lowest BCUT2D eigenvalue weighted by Crippen LogP contribution is -2.65. The lowest BCUT2D eigenvalue weighted by molar-refractivity contribution is -0.167. The molecule has 110 valence electrons. The van der Waals surface area contributed by atoms with Crippen LogP contribution in [0.4, 0.5) is 0 Å².